The highest BCUT2D eigenvalue weighted by Crippen LogP contribution is 2.53. The van der Waals surface area contributed by atoms with E-state index in [4.69, 9.17) is 4.74 Å². The van der Waals surface area contributed by atoms with Crippen LogP contribution < -0.4 is 0 Å². The van der Waals surface area contributed by atoms with Crippen LogP contribution in [0.3, 0.4) is 0 Å². The lowest BCUT2D eigenvalue weighted by molar-refractivity contribution is -0.176. The van der Waals surface area contributed by atoms with E-state index in [9.17, 15) is 9.59 Å². The number of rotatable bonds is 2. The maximum absolute atomic E-state index is 11.9. The normalized spacial score (nSPS) is 43.2. The Morgan fingerprint density at radius 2 is 1.59 bits per heavy atom. The Bertz CT molecular complexity index is 326. The monoisotopic (exact) mass is 236 g/mol. The summed E-state index contributed by atoms with van der Waals surface area (Å²) in [6.45, 7) is 3.75. The first kappa shape index (κ1) is 11.2. The van der Waals surface area contributed by atoms with Crippen molar-refractivity contribution in [2.24, 2.45) is 29.6 Å². The molecule has 0 aromatic heterocycles. The topological polar surface area (TPSA) is 43.4 Å². The molecule has 94 valence electrons. The lowest BCUT2D eigenvalue weighted by Gasteiger charge is -2.52. The average Bonchev–Trinajstić information content (AvgIpc) is 2.26. The van der Waals surface area contributed by atoms with Crippen molar-refractivity contribution in [3.05, 3.63) is 0 Å². The van der Waals surface area contributed by atoms with Gasteiger partial charge in [-0.15, -0.1) is 0 Å². The molecule has 0 aliphatic heterocycles. The Morgan fingerprint density at radius 3 is 2.00 bits per heavy atom. The van der Waals surface area contributed by atoms with Crippen molar-refractivity contribution in [3.8, 4) is 0 Å². The lowest BCUT2D eigenvalue weighted by Crippen LogP contribution is -2.54. The second kappa shape index (κ2) is 3.82. The smallest absolute Gasteiger partial charge is 0.308 e. The first-order valence-electron chi connectivity index (χ1n) is 6.80. The first-order valence-corrected chi connectivity index (χ1v) is 6.80. The molecule has 0 radical (unpaired) electrons. The molecule has 17 heavy (non-hydrogen) atoms. The number of carbonyl (C=O) groups is 2. The second-order valence-electron chi connectivity index (χ2n) is 6.32. The van der Waals surface area contributed by atoms with E-state index in [1.54, 1.807) is 0 Å². The lowest BCUT2D eigenvalue weighted by atomic mass is 9.54. The van der Waals surface area contributed by atoms with Gasteiger partial charge in [0.2, 0.25) is 0 Å². The molecule has 0 atom stereocenters. The van der Waals surface area contributed by atoms with Gasteiger partial charge in [-0.25, -0.2) is 0 Å². The summed E-state index contributed by atoms with van der Waals surface area (Å²) in [5.74, 6) is 1.85. The SMILES string of the molecule is CC(C)C(=O)OC1C2CC3CC1CC(C2)C3=O. The number of esters is 1. The van der Waals surface area contributed by atoms with Crippen molar-refractivity contribution in [2.45, 2.75) is 45.6 Å². The molecule has 0 heterocycles. The van der Waals surface area contributed by atoms with Gasteiger partial charge in [0.1, 0.15) is 11.9 Å². The molecule has 0 amide bonds. The molecule has 0 aromatic rings. The summed E-state index contributed by atoms with van der Waals surface area (Å²) in [6, 6.07) is 0. The fourth-order valence-electron chi connectivity index (χ4n) is 4.03. The molecule has 4 saturated carbocycles. The predicted octanol–water partition coefficient (Wildman–Crippen LogP) is 2.19. The Hall–Kier alpha value is -0.860. The summed E-state index contributed by atoms with van der Waals surface area (Å²) in [6.07, 6.45) is 3.94. The minimum Gasteiger partial charge on any atom is -0.462 e. The van der Waals surface area contributed by atoms with Gasteiger partial charge in [-0.3, -0.25) is 9.59 Å². The third-order valence-electron chi connectivity index (χ3n) is 4.81. The van der Waals surface area contributed by atoms with Gasteiger partial charge in [-0.05, 0) is 37.5 Å². The molecule has 0 N–H and O–H groups in total. The van der Waals surface area contributed by atoms with E-state index >= 15 is 0 Å². The van der Waals surface area contributed by atoms with E-state index in [-0.39, 0.29) is 29.8 Å². The van der Waals surface area contributed by atoms with Crippen molar-refractivity contribution < 1.29 is 14.3 Å². The maximum Gasteiger partial charge on any atom is 0.308 e. The molecule has 0 aromatic carbocycles. The molecule has 0 spiro atoms. The number of ether oxygens (including phenoxy) is 1. The van der Waals surface area contributed by atoms with Crippen LogP contribution in [0.25, 0.3) is 0 Å². The molecule has 4 fully saturated rings. The number of Topliss-reactive ketones (excluding diaryl/α,β-unsaturated/α-hetero) is 1. The van der Waals surface area contributed by atoms with Crippen molar-refractivity contribution >= 4 is 11.8 Å². The Labute approximate surface area is 102 Å². The number of carbonyl (C=O) groups excluding carboxylic acids is 2. The van der Waals surface area contributed by atoms with Gasteiger partial charge < -0.3 is 4.74 Å². The third-order valence-corrected chi connectivity index (χ3v) is 4.81. The standard InChI is InChI=1S/C14H20O3/c1-7(2)14(16)17-13-10-3-8-4-11(13)6-9(5-10)12(8)15/h7-11,13H,3-6H2,1-2H3. The van der Waals surface area contributed by atoms with Crippen molar-refractivity contribution in [1.82, 2.24) is 0 Å². The van der Waals surface area contributed by atoms with Crippen LogP contribution in [0.1, 0.15) is 39.5 Å². The van der Waals surface area contributed by atoms with Gasteiger partial charge >= 0.3 is 5.97 Å². The fourth-order valence-corrected chi connectivity index (χ4v) is 4.03. The highest BCUT2D eigenvalue weighted by atomic mass is 16.5. The van der Waals surface area contributed by atoms with Crippen LogP contribution in [0.4, 0.5) is 0 Å². The third kappa shape index (κ3) is 1.71. The Kier molecular flexibility index (Phi) is 2.53. The summed E-state index contributed by atoms with van der Waals surface area (Å²) < 4.78 is 5.67. The molecule has 3 heteroatoms. The minimum absolute atomic E-state index is 0.0474. The molecule has 4 bridgehead atoms. The zero-order chi connectivity index (χ0) is 12.2. The van der Waals surface area contributed by atoms with Crippen molar-refractivity contribution in [1.29, 1.82) is 0 Å². The van der Waals surface area contributed by atoms with E-state index in [1.165, 1.54) is 0 Å². The quantitative estimate of drug-likeness (QED) is 0.690. The van der Waals surface area contributed by atoms with Crippen LogP contribution in [0.15, 0.2) is 0 Å². The largest absolute Gasteiger partial charge is 0.462 e. The second-order valence-corrected chi connectivity index (χ2v) is 6.32. The van der Waals surface area contributed by atoms with Crippen molar-refractivity contribution in [3.63, 3.8) is 0 Å². The highest BCUT2D eigenvalue weighted by Gasteiger charge is 2.54. The fraction of sp³-hybridized carbons (Fsp3) is 0.857. The van der Waals surface area contributed by atoms with Gasteiger partial charge in [-0.2, -0.15) is 0 Å². The van der Waals surface area contributed by atoms with Crippen LogP contribution in [0, 0.1) is 29.6 Å². The van der Waals surface area contributed by atoms with Gasteiger partial charge in [0.15, 0.2) is 0 Å². The van der Waals surface area contributed by atoms with E-state index in [0.29, 0.717) is 17.6 Å². The molecule has 0 unspecified atom stereocenters. The molecule has 3 nitrogen and oxygen atoms in total. The summed E-state index contributed by atoms with van der Waals surface area (Å²) in [5, 5.41) is 0. The van der Waals surface area contributed by atoms with E-state index in [1.807, 2.05) is 13.8 Å². The number of hydrogen-bond acceptors (Lipinski definition) is 3. The van der Waals surface area contributed by atoms with Gasteiger partial charge in [0.05, 0.1) is 5.92 Å². The zero-order valence-corrected chi connectivity index (χ0v) is 10.5. The maximum atomic E-state index is 11.9. The number of hydrogen-bond donors (Lipinski definition) is 0. The summed E-state index contributed by atoms with van der Waals surface area (Å²) in [4.78, 5) is 23.6. The molecular weight excluding hydrogens is 216 g/mol. The minimum atomic E-state index is -0.0752. The summed E-state index contributed by atoms with van der Waals surface area (Å²) in [5.41, 5.74) is 0. The molecular formula is C14H20O3. The van der Waals surface area contributed by atoms with E-state index in [0.717, 1.165) is 25.7 Å². The molecule has 0 saturated heterocycles. The van der Waals surface area contributed by atoms with Gasteiger partial charge in [0.25, 0.3) is 0 Å². The Balaban J connectivity index is 1.73. The predicted molar refractivity (Wildman–Crippen MR) is 62.2 cm³/mol. The molecule has 4 aliphatic carbocycles. The van der Waals surface area contributed by atoms with Crippen LogP contribution >= 0.6 is 0 Å². The zero-order valence-electron chi connectivity index (χ0n) is 10.5. The average molecular weight is 236 g/mol. The van der Waals surface area contributed by atoms with Crippen LogP contribution in [0.2, 0.25) is 0 Å². The molecule has 4 rings (SSSR count). The van der Waals surface area contributed by atoms with Gasteiger partial charge in [0, 0.05) is 11.8 Å². The molecule has 4 aliphatic rings. The first-order chi connectivity index (χ1) is 8.06. The van der Waals surface area contributed by atoms with E-state index < -0.39 is 0 Å². The van der Waals surface area contributed by atoms with Crippen LogP contribution in [0.5, 0.6) is 0 Å². The Morgan fingerprint density at radius 1 is 1.12 bits per heavy atom. The highest BCUT2D eigenvalue weighted by molar-refractivity contribution is 5.85. The summed E-state index contributed by atoms with van der Waals surface area (Å²) >= 11 is 0. The van der Waals surface area contributed by atoms with Crippen molar-refractivity contribution in [2.75, 3.05) is 0 Å². The van der Waals surface area contributed by atoms with Crippen LogP contribution in [-0.4, -0.2) is 17.9 Å². The van der Waals surface area contributed by atoms with Crippen LogP contribution in [-0.2, 0) is 14.3 Å². The number of ketones is 1. The van der Waals surface area contributed by atoms with Gasteiger partial charge in [-0.1, -0.05) is 13.8 Å². The van der Waals surface area contributed by atoms with E-state index in [2.05, 4.69) is 0 Å². The summed E-state index contributed by atoms with van der Waals surface area (Å²) in [7, 11) is 0.